The van der Waals surface area contributed by atoms with Crippen LogP contribution < -0.4 is 5.32 Å². The molecule has 0 aromatic heterocycles. The number of rotatable bonds is 8. The number of nitrogens with zero attached hydrogens (tertiary/aromatic N) is 1. The number of phenolic OH excluding ortho intramolecular Hbond substituents is 1. The molecule has 0 bridgehead atoms. The van der Waals surface area contributed by atoms with E-state index in [1.807, 2.05) is 0 Å². The highest BCUT2D eigenvalue weighted by Crippen LogP contribution is 2.21. The SMILES string of the molecule is CCN(CC)CCNC(C(=O)OC)c1cc(O)cc(F)c1. The van der Waals surface area contributed by atoms with Gasteiger partial charge >= 0.3 is 5.97 Å². The number of ether oxygens (including phenoxy) is 1. The highest BCUT2D eigenvalue weighted by atomic mass is 19.1. The van der Waals surface area contributed by atoms with Crippen molar-refractivity contribution in [2.75, 3.05) is 33.3 Å². The molecule has 21 heavy (non-hydrogen) atoms. The molecule has 2 N–H and O–H groups in total. The van der Waals surface area contributed by atoms with Gasteiger partial charge in [-0.2, -0.15) is 0 Å². The highest BCUT2D eigenvalue weighted by Gasteiger charge is 2.22. The minimum atomic E-state index is -0.799. The van der Waals surface area contributed by atoms with E-state index < -0.39 is 17.8 Å². The van der Waals surface area contributed by atoms with E-state index in [4.69, 9.17) is 4.74 Å². The molecule has 1 aromatic carbocycles. The average molecular weight is 298 g/mol. The number of aromatic hydroxyl groups is 1. The molecule has 0 saturated carbocycles. The molecule has 0 aliphatic rings. The number of halogens is 1. The van der Waals surface area contributed by atoms with Crippen LogP contribution in [-0.2, 0) is 9.53 Å². The molecule has 0 saturated heterocycles. The van der Waals surface area contributed by atoms with Gasteiger partial charge in [0, 0.05) is 19.2 Å². The smallest absolute Gasteiger partial charge is 0.327 e. The maximum absolute atomic E-state index is 13.4. The fourth-order valence-corrected chi connectivity index (χ4v) is 2.12. The number of esters is 1. The van der Waals surface area contributed by atoms with Gasteiger partial charge in [-0.3, -0.25) is 5.32 Å². The fraction of sp³-hybridized carbons (Fsp3) is 0.533. The Morgan fingerprint density at radius 1 is 1.38 bits per heavy atom. The molecule has 0 amide bonds. The normalized spacial score (nSPS) is 12.4. The van der Waals surface area contributed by atoms with Gasteiger partial charge in [0.15, 0.2) is 0 Å². The van der Waals surface area contributed by atoms with Gasteiger partial charge in [-0.15, -0.1) is 0 Å². The summed E-state index contributed by atoms with van der Waals surface area (Å²) in [5, 5.41) is 12.5. The van der Waals surface area contributed by atoms with Crippen molar-refractivity contribution in [3.63, 3.8) is 0 Å². The first-order valence-electron chi connectivity index (χ1n) is 7.04. The van der Waals surface area contributed by atoms with Gasteiger partial charge in [0.05, 0.1) is 7.11 Å². The van der Waals surface area contributed by atoms with Crippen molar-refractivity contribution < 1.29 is 19.0 Å². The van der Waals surface area contributed by atoms with E-state index in [2.05, 4.69) is 24.1 Å². The number of hydrogen-bond acceptors (Lipinski definition) is 5. The number of benzene rings is 1. The largest absolute Gasteiger partial charge is 0.508 e. The third kappa shape index (κ3) is 5.32. The van der Waals surface area contributed by atoms with E-state index in [0.29, 0.717) is 12.1 Å². The van der Waals surface area contributed by atoms with E-state index in [-0.39, 0.29) is 5.75 Å². The Morgan fingerprint density at radius 2 is 2.05 bits per heavy atom. The first kappa shape index (κ1) is 17.4. The van der Waals surface area contributed by atoms with Crippen molar-refractivity contribution in [3.05, 3.63) is 29.6 Å². The van der Waals surface area contributed by atoms with Crippen LogP contribution in [0.15, 0.2) is 18.2 Å². The van der Waals surface area contributed by atoms with Crippen molar-refractivity contribution in [2.45, 2.75) is 19.9 Å². The van der Waals surface area contributed by atoms with Gasteiger partial charge in [0.25, 0.3) is 0 Å². The third-order valence-corrected chi connectivity index (χ3v) is 3.35. The number of hydrogen-bond donors (Lipinski definition) is 2. The zero-order valence-corrected chi connectivity index (χ0v) is 12.7. The molecule has 1 unspecified atom stereocenters. The van der Waals surface area contributed by atoms with Gasteiger partial charge in [0.2, 0.25) is 0 Å². The number of carbonyl (C=O) groups excluding carboxylic acids is 1. The zero-order valence-electron chi connectivity index (χ0n) is 12.7. The standard InChI is InChI=1S/C15H23FN2O3/c1-4-18(5-2)7-6-17-14(15(20)21-3)11-8-12(16)10-13(19)9-11/h8-10,14,17,19H,4-7H2,1-3H3. The Hall–Kier alpha value is -1.66. The van der Waals surface area contributed by atoms with Crippen molar-refractivity contribution >= 4 is 5.97 Å². The van der Waals surface area contributed by atoms with E-state index in [1.54, 1.807) is 0 Å². The van der Waals surface area contributed by atoms with E-state index in [1.165, 1.54) is 19.2 Å². The molecule has 5 nitrogen and oxygen atoms in total. The molecular formula is C15H23FN2O3. The van der Waals surface area contributed by atoms with Crippen LogP contribution in [0.5, 0.6) is 5.75 Å². The Kier molecular flexibility index (Phi) is 7.11. The summed E-state index contributed by atoms with van der Waals surface area (Å²) in [4.78, 5) is 14.0. The monoisotopic (exact) mass is 298 g/mol. The number of methoxy groups -OCH3 is 1. The number of nitrogens with one attached hydrogen (secondary N) is 1. The summed E-state index contributed by atoms with van der Waals surface area (Å²) in [6.45, 7) is 7.28. The summed E-state index contributed by atoms with van der Waals surface area (Å²) in [5.41, 5.74) is 0.346. The van der Waals surface area contributed by atoms with Gasteiger partial charge in [-0.25, -0.2) is 9.18 Å². The van der Waals surface area contributed by atoms with Gasteiger partial charge in [0.1, 0.15) is 17.6 Å². The lowest BCUT2D eigenvalue weighted by Crippen LogP contribution is -2.36. The summed E-state index contributed by atoms with van der Waals surface area (Å²) < 4.78 is 18.1. The summed E-state index contributed by atoms with van der Waals surface area (Å²) in [6.07, 6.45) is 0. The summed E-state index contributed by atoms with van der Waals surface area (Å²) in [6, 6.07) is 2.77. The summed E-state index contributed by atoms with van der Waals surface area (Å²) in [7, 11) is 1.28. The minimum Gasteiger partial charge on any atom is -0.508 e. The van der Waals surface area contributed by atoms with Crippen LogP contribution in [0.2, 0.25) is 0 Å². The van der Waals surface area contributed by atoms with Crippen LogP contribution in [0.25, 0.3) is 0 Å². The van der Waals surface area contributed by atoms with Crippen molar-refractivity contribution in [2.24, 2.45) is 0 Å². The molecule has 0 aliphatic carbocycles. The molecule has 0 heterocycles. The highest BCUT2D eigenvalue weighted by molar-refractivity contribution is 5.77. The average Bonchev–Trinajstić information content (AvgIpc) is 2.45. The topological polar surface area (TPSA) is 61.8 Å². The van der Waals surface area contributed by atoms with Crippen LogP contribution in [0.3, 0.4) is 0 Å². The molecule has 1 atom stereocenters. The maximum atomic E-state index is 13.4. The minimum absolute atomic E-state index is 0.218. The van der Waals surface area contributed by atoms with Gasteiger partial charge < -0.3 is 14.7 Å². The van der Waals surface area contributed by atoms with Gasteiger partial charge in [-0.05, 0) is 30.8 Å². The van der Waals surface area contributed by atoms with Crippen LogP contribution in [0, 0.1) is 5.82 Å². The lowest BCUT2D eigenvalue weighted by atomic mass is 10.1. The third-order valence-electron chi connectivity index (χ3n) is 3.35. The molecule has 1 rings (SSSR count). The summed E-state index contributed by atoms with van der Waals surface area (Å²) >= 11 is 0. The van der Waals surface area contributed by atoms with E-state index in [0.717, 1.165) is 25.7 Å². The second-order valence-corrected chi connectivity index (χ2v) is 4.68. The van der Waals surface area contributed by atoms with Crippen LogP contribution in [0.1, 0.15) is 25.5 Å². The van der Waals surface area contributed by atoms with E-state index >= 15 is 0 Å². The molecule has 6 heteroatoms. The first-order valence-corrected chi connectivity index (χ1v) is 7.04. The lowest BCUT2D eigenvalue weighted by Gasteiger charge is -2.21. The number of likely N-dealkylation sites (N-methyl/N-ethyl adjacent to an activating group) is 1. The second kappa shape index (κ2) is 8.59. The van der Waals surface area contributed by atoms with Crippen molar-refractivity contribution in [1.29, 1.82) is 0 Å². The molecule has 0 aliphatic heterocycles. The predicted molar refractivity (Wildman–Crippen MR) is 78.6 cm³/mol. The zero-order chi connectivity index (χ0) is 15.8. The predicted octanol–water partition coefficient (Wildman–Crippen LogP) is 1.68. The number of phenols is 1. The Balaban J connectivity index is 2.79. The Morgan fingerprint density at radius 3 is 2.57 bits per heavy atom. The molecule has 0 radical (unpaired) electrons. The maximum Gasteiger partial charge on any atom is 0.327 e. The molecular weight excluding hydrogens is 275 g/mol. The lowest BCUT2D eigenvalue weighted by molar-refractivity contribution is -0.143. The quantitative estimate of drug-likeness (QED) is 0.715. The fourth-order valence-electron chi connectivity index (χ4n) is 2.12. The van der Waals surface area contributed by atoms with Crippen LogP contribution in [-0.4, -0.2) is 49.3 Å². The van der Waals surface area contributed by atoms with Crippen molar-refractivity contribution in [1.82, 2.24) is 10.2 Å². The van der Waals surface area contributed by atoms with Crippen LogP contribution >= 0.6 is 0 Å². The van der Waals surface area contributed by atoms with E-state index in [9.17, 15) is 14.3 Å². The first-order chi connectivity index (χ1) is 10.0. The Labute approximate surface area is 124 Å². The Bertz CT molecular complexity index is 444. The molecule has 118 valence electrons. The van der Waals surface area contributed by atoms with Gasteiger partial charge in [-0.1, -0.05) is 13.8 Å². The molecule has 0 fully saturated rings. The summed E-state index contributed by atoms with van der Waals surface area (Å²) in [5.74, 6) is -1.33. The second-order valence-electron chi connectivity index (χ2n) is 4.68. The molecule has 0 spiro atoms. The molecule has 1 aromatic rings. The van der Waals surface area contributed by atoms with Crippen molar-refractivity contribution in [3.8, 4) is 5.75 Å². The van der Waals surface area contributed by atoms with Crippen LogP contribution in [0.4, 0.5) is 4.39 Å². The number of carbonyl (C=O) groups is 1.